The van der Waals surface area contributed by atoms with Crippen LogP contribution in [-0.4, -0.2) is 61.7 Å². The summed E-state index contributed by atoms with van der Waals surface area (Å²) >= 11 is 1.17. The Balaban J connectivity index is 1.40. The molecular weight excluding hydrogens is 414 g/mol. The van der Waals surface area contributed by atoms with Crippen LogP contribution in [0.3, 0.4) is 0 Å². The maximum absolute atomic E-state index is 12.8. The number of carbonyl (C=O) groups excluding carboxylic acids is 1. The van der Waals surface area contributed by atoms with E-state index in [4.69, 9.17) is 9.51 Å². The topological polar surface area (TPSA) is 101 Å². The van der Waals surface area contributed by atoms with Crippen LogP contribution in [0.2, 0.25) is 0 Å². The Morgan fingerprint density at radius 1 is 1.16 bits per heavy atom. The van der Waals surface area contributed by atoms with Crippen molar-refractivity contribution in [1.29, 1.82) is 0 Å². The number of aromatic nitrogens is 5. The standard InChI is InChI=1S/C21H25N7O2S/c1-13-11-17(30-25-13)16-12-22-21(28-7-3-4-8-28)23-18(16)15-5-9-27(10-6-15)20(29)19-14(2)24-26-31-19/h11-12,15H,3-10H2,1-2H3. The van der Waals surface area contributed by atoms with Gasteiger partial charge in [0.05, 0.1) is 22.6 Å². The Kier molecular flexibility index (Phi) is 5.39. The summed E-state index contributed by atoms with van der Waals surface area (Å²) in [6.07, 6.45) is 5.91. The average molecular weight is 440 g/mol. The Morgan fingerprint density at radius 2 is 1.94 bits per heavy atom. The van der Waals surface area contributed by atoms with Crippen LogP contribution in [0, 0.1) is 13.8 Å². The van der Waals surface area contributed by atoms with E-state index in [-0.39, 0.29) is 11.8 Å². The molecule has 31 heavy (non-hydrogen) atoms. The molecule has 0 radical (unpaired) electrons. The fourth-order valence-corrected chi connectivity index (χ4v) is 5.00. The summed E-state index contributed by atoms with van der Waals surface area (Å²) in [5.41, 5.74) is 3.43. The summed E-state index contributed by atoms with van der Waals surface area (Å²) < 4.78 is 9.45. The van der Waals surface area contributed by atoms with Crippen LogP contribution in [-0.2, 0) is 0 Å². The van der Waals surface area contributed by atoms with E-state index in [2.05, 4.69) is 24.6 Å². The minimum absolute atomic E-state index is 0.0254. The van der Waals surface area contributed by atoms with E-state index in [1.807, 2.05) is 31.0 Å². The number of piperidine rings is 1. The van der Waals surface area contributed by atoms with Crippen molar-refractivity contribution in [2.45, 2.75) is 45.4 Å². The van der Waals surface area contributed by atoms with Gasteiger partial charge in [-0.05, 0) is 51.1 Å². The third-order valence-corrected chi connectivity index (χ3v) is 6.92. The van der Waals surface area contributed by atoms with Gasteiger partial charge in [-0.25, -0.2) is 9.97 Å². The molecule has 1 amide bonds. The number of aryl methyl sites for hydroxylation is 2. The fraction of sp³-hybridized carbons (Fsp3) is 0.524. The molecule has 0 aromatic carbocycles. The van der Waals surface area contributed by atoms with Gasteiger partial charge >= 0.3 is 0 Å². The van der Waals surface area contributed by atoms with Crippen LogP contribution < -0.4 is 4.90 Å². The first-order valence-electron chi connectivity index (χ1n) is 10.7. The summed E-state index contributed by atoms with van der Waals surface area (Å²) in [5, 5.41) is 8.02. The summed E-state index contributed by atoms with van der Waals surface area (Å²) in [5.74, 6) is 1.75. The molecule has 2 aliphatic rings. The zero-order valence-electron chi connectivity index (χ0n) is 17.7. The lowest BCUT2D eigenvalue weighted by atomic mass is 9.90. The van der Waals surface area contributed by atoms with Crippen molar-refractivity contribution < 1.29 is 9.32 Å². The van der Waals surface area contributed by atoms with Gasteiger partial charge in [-0.3, -0.25) is 4.79 Å². The SMILES string of the molecule is Cc1cc(-c2cnc(N3CCCC3)nc2C2CCN(C(=O)c3snnc3C)CC2)on1. The molecule has 5 heterocycles. The first-order valence-corrected chi connectivity index (χ1v) is 11.5. The van der Waals surface area contributed by atoms with Gasteiger partial charge in [-0.15, -0.1) is 5.10 Å². The van der Waals surface area contributed by atoms with Crippen molar-refractivity contribution in [3.63, 3.8) is 0 Å². The first kappa shape index (κ1) is 20.0. The van der Waals surface area contributed by atoms with Gasteiger partial charge in [-0.1, -0.05) is 9.64 Å². The predicted octanol–water partition coefficient (Wildman–Crippen LogP) is 3.22. The molecule has 0 unspecified atom stereocenters. The van der Waals surface area contributed by atoms with Crippen LogP contribution in [0.4, 0.5) is 5.95 Å². The van der Waals surface area contributed by atoms with Crippen molar-refractivity contribution in [1.82, 2.24) is 29.6 Å². The van der Waals surface area contributed by atoms with Crippen LogP contribution in [0.25, 0.3) is 11.3 Å². The molecule has 0 bridgehead atoms. The quantitative estimate of drug-likeness (QED) is 0.611. The lowest BCUT2D eigenvalue weighted by molar-refractivity contribution is 0.0716. The number of amides is 1. The number of anilines is 1. The molecule has 2 fully saturated rings. The highest BCUT2D eigenvalue weighted by molar-refractivity contribution is 7.07. The Hall–Kier alpha value is -2.88. The van der Waals surface area contributed by atoms with Gasteiger partial charge in [-0.2, -0.15) is 0 Å². The Labute approximate surface area is 184 Å². The maximum Gasteiger partial charge on any atom is 0.267 e. The van der Waals surface area contributed by atoms with Gasteiger partial charge in [0, 0.05) is 44.4 Å². The lowest BCUT2D eigenvalue weighted by Gasteiger charge is -2.32. The largest absolute Gasteiger partial charge is 0.356 e. The van der Waals surface area contributed by atoms with E-state index in [0.29, 0.717) is 29.4 Å². The molecular formula is C21H25N7O2S. The summed E-state index contributed by atoms with van der Waals surface area (Å²) in [4.78, 5) is 27.3. The zero-order valence-corrected chi connectivity index (χ0v) is 18.6. The van der Waals surface area contributed by atoms with Crippen LogP contribution in [0.1, 0.15) is 58.4 Å². The molecule has 2 saturated heterocycles. The van der Waals surface area contributed by atoms with Gasteiger partial charge in [0.2, 0.25) is 5.95 Å². The van der Waals surface area contributed by atoms with E-state index >= 15 is 0 Å². The number of nitrogens with zero attached hydrogens (tertiary/aromatic N) is 7. The van der Waals surface area contributed by atoms with Crippen molar-refractivity contribution in [3.8, 4) is 11.3 Å². The third-order valence-electron chi connectivity index (χ3n) is 6.10. The third kappa shape index (κ3) is 3.91. The van der Waals surface area contributed by atoms with E-state index in [0.717, 1.165) is 48.8 Å². The molecule has 5 rings (SSSR count). The van der Waals surface area contributed by atoms with Gasteiger partial charge in [0.1, 0.15) is 4.88 Å². The van der Waals surface area contributed by atoms with Gasteiger partial charge < -0.3 is 14.3 Å². The molecule has 0 atom stereocenters. The summed E-state index contributed by atoms with van der Waals surface area (Å²) in [7, 11) is 0. The number of carbonyl (C=O) groups is 1. The van der Waals surface area contributed by atoms with Crippen molar-refractivity contribution in [3.05, 3.63) is 34.2 Å². The number of rotatable bonds is 4. The molecule has 0 spiro atoms. The minimum Gasteiger partial charge on any atom is -0.356 e. The molecule has 0 N–H and O–H groups in total. The smallest absolute Gasteiger partial charge is 0.267 e. The molecule has 0 aliphatic carbocycles. The highest BCUT2D eigenvalue weighted by Crippen LogP contribution is 2.36. The molecule has 3 aromatic heterocycles. The highest BCUT2D eigenvalue weighted by Gasteiger charge is 2.30. The zero-order chi connectivity index (χ0) is 21.4. The second-order valence-electron chi connectivity index (χ2n) is 8.25. The highest BCUT2D eigenvalue weighted by atomic mass is 32.1. The van der Waals surface area contributed by atoms with Crippen LogP contribution in [0.15, 0.2) is 16.8 Å². The van der Waals surface area contributed by atoms with E-state index in [1.165, 1.54) is 24.4 Å². The number of likely N-dealkylation sites (tertiary alicyclic amines) is 1. The number of hydrogen-bond acceptors (Lipinski definition) is 9. The van der Waals surface area contributed by atoms with Crippen molar-refractivity contribution in [2.24, 2.45) is 0 Å². The molecule has 0 saturated carbocycles. The van der Waals surface area contributed by atoms with Crippen molar-refractivity contribution in [2.75, 3.05) is 31.1 Å². The Morgan fingerprint density at radius 3 is 2.58 bits per heavy atom. The lowest BCUT2D eigenvalue weighted by Crippen LogP contribution is -2.38. The first-order chi connectivity index (χ1) is 15.1. The molecule has 162 valence electrons. The van der Waals surface area contributed by atoms with Gasteiger partial charge in [0.25, 0.3) is 5.91 Å². The molecule has 3 aromatic rings. The second-order valence-corrected chi connectivity index (χ2v) is 9.00. The summed E-state index contributed by atoms with van der Waals surface area (Å²) in [6.45, 7) is 7.09. The van der Waals surface area contributed by atoms with Crippen molar-refractivity contribution >= 4 is 23.4 Å². The summed E-state index contributed by atoms with van der Waals surface area (Å²) in [6, 6.07) is 1.93. The van der Waals surface area contributed by atoms with E-state index in [1.54, 1.807) is 0 Å². The normalized spacial score (nSPS) is 17.5. The monoisotopic (exact) mass is 439 g/mol. The Bertz CT molecular complexity index is 1080. The van der Waals surface area contributed by atoms with E-state index in [9.17, 15) is 4.79 Å². The van der Waals surface area contributed by atoms with Crippen LogP contribution in [0.5, 0.6) is 0 Å². The van der Waals surface area contributed by atoms with Crippen LogP contribution >= 0.6 is 11.5 Å². The predicted molar refractivity (Wildman–Crippen MR) is 116 cm³/mol. The second kappa shape index (κ2) is 8.33. The maximum atomic E-state index is 12.8. The molecule has 10 heteroatoms. The number of hydrogen-bond donors (Lipinski definition) is 0. The van der Waals surface area contributed by atoms with E-state index < -0.39 is 0 Å². The van der Waals surface area contributed by atoms with Gasteiger partial charge in [0.15, 0.2) is 5.76 Å². The molecule has 9 nitrogen and oxygen atoms in total. The average Bonchev–Trinajstić information content (AvgIpc) is 3.55. The fourth-order valence-electron chi connectivity index (χ4n) is 4.37. The molecule has 2 aliphatic heterocycles. The minimum atomic E-state index is 0.0254.